The minimum atomic E-state index is -0.974. The van der Waals surface area contributed by atoms with Crippen molar-refractivity contribution in [3.8, 4) is 0 Å². The zero-order valence-corrected chi connectivity index (χ0v) is 12.1. The summed E-state index contributed by atoms with van der Waals surface area (Å²) in [6.45, 7) is 1.78. The molecule has 0 unspecified atom stereocenters. The lowest BCUT2D eigenvalue weighted by atomic mass is 10.1. The Labute approximate surface area is 120 Å². The average molecular weight is 289 g/mol. The van der Waals surface area contributed by atoms with Crippen LogP contribution in [0.1, 0.15) is 50.4 Å². The highest BCUT2D eigenvalue weighted by Gasteiger charge is 2.27. The fourth-order valence-electron chi connectivity index (χ4n) is 2.21. The molecule has 2 aromatic heterocycles. The molecule has 3 rings (SSSR count). The number of hydrogen-bond donors (Lipinski definition) is 1. The first kappa shape index (κ1) is 13.1. The molecule has 0 saturated heterocycles. The first-order valence-electron chi connectivity index (χ1n) is 6.47. The summed E-state index contributed by atoms with van der Waals surface area (Å²) in [5, 5.41) is 14.0. The van der Waals surface area contributed by atoms with E-state index in [0.717, 1.165) is 10.6 Å². The largest absolute Gasteiger partial charge is 0.476 e. The van der Waals surface area contributed by atoms with E-state index < -0.39 is 5.97 Å². The summed E-state index contributed by atoms with van der Waals surface area (Å²) in [5.74, 6) is -0.339. The Morgan fingerprint density at radius 3 is 2.85 bits per heavy atom. The van der Waals surface area contributed by atoms with Gasteiger partial charge in [-0.3, -0.25) is 4.68 Å². The first-order valence-corrected chi connectivity index (χ1v) is 7.28. The van der Waals surface area contributed by atoms with Gasteiger partial charge in [-0.25, -0.2) is 9.78 Å². The standard InChI is InChI=1S/C14H15N3O2S/c1-8-13(14(18)19)16-12(20-8)6-5-11-10(9-3-4-9)7-15-17(11)2/h5-7,9H,3-4H2,1-2H3,(H,18,19). The van der Waals surface area contributed by atoms with E-state index >= 15 is 0 Å². The quantitative estimate of drug-likeness (QED) is 0.939. The lowest BCUT2D eigenvalue weighted by Gasteiger charge is -1.98. The number of hydrogen-bond acceptors (Lipinski definition) is 4. The zero-order valence-electron chi connectivity index (χ0n) is 11.3. The molecule has 0 atom stereocenters. The van der Waals surface area contributed by atoms with Crippen molar-refractivity contribution in [2.24, 2.45) is 7.05 Å². The van der Waals surface area contributed by atoms with Crippen LogP contribution in [0.3, 0.4) is 0 Å². The van der Waals surface area contributed by atoms with Gasteiger partial charge in [-0.2, -0.15) is 5.10 Å². The smallest absolute Gasteiger partial charge is 0.355 e. The molecule has 0 radical (unpaired) electrons. The van der Waals surface area contributed by atoms with E-state index in [2.05, 4.69) is 10.1 Å². The summed E-state index contributed by atoms with van der Waals surface area (Å²) in [5.41, 5.74) is 2.50. The van der Waals surface area contributed by atoms with Crippen molar-refractivity contribution in [1.29, 1.82) is 0 Å². The number of thiazole rings is 1. The Bertz CT molecular complexity index is 695. The summed E-state index contributed by atoms with van der Waals surface area (Å²) >= 11 is 1.39. The molecule has 0 aliphatic heterocycles. The monoisotopic (exact) mass is 289 g/mol. The topological polar surface area (TPSA) is 68.0 Å². The predicted octanol–water partition coefficient (Wildman–Crippen LogP) is 2.93. The van der Waals surface area contributed by atoms with Gasteiger partial charge in [-0.05, 0) is 37.8 Å². The Morgan fingerprint density at radius 2 is 2.25 bits per heavy atom. The summed E-state index contributed by atoms with van der Waals surface area (Å²) in [7, 11) is 1.92. The Hall–Kier alpha value is -1.95. The second kappa shape index (κ2) is 4.86. The highest BCUT2D eigenvalue weighted by Crippen LogP contribution is 2.41. The van der Waals surface area contributed by atoms with Crippen LogP contribution in [0, 0.1) is 6.92 Å². The van der Waals surface area contributed by atoms with E-state index in [1.165, 1.54) is 29.7 Å². The van der Waals surface area contributed by atoms with Crippen LogP contribution >= 0.6 is 11.3 Å². The number of rotatable bonds is 4. The summed E-state index contributed by atoms with van der Waals surface area (Å²) in [4.78, 5) is 15.8. The molecule has 20 heavy (non-hydrogen) atoms. The molecule has 2 heterocycles. The maximum absolute atomic E-state index is 11.0. The number of aromatic nitrogens is 3. The van der Waals surface area contributed by atoms with Crippen molar-refractivity contribution < 1.29 is 9.90 Å². The van der Waals surface area contributed by atoms with E-state index in [4.69, 9.17) is 5.11 Å². The zero-order chi connectivity index (χ0) is 14.3. The molecule has 5 nitrogen and oxygen atoms in total. The molecule has 2 aromatic rings. The van der Waals surface area contributed by atoms with Crippen LogP contribution in [0.15, 0.2) is 6.20 Å². The van der Waals surface area contributed by atoms with E-state index in [1.54, 1.807) is 6.92 Å². The van der Waals surface area contributed by atoms with Gasteiger partial charge in [0.05, 0.1) is 11.9 Å². The van der Waals surface area contributed by atoms with Crippen LogP contribution in [0.5, 0.6) is 0 Å². The summed E-state index contributed by atoms with van der Waals surface area (Å²) in [6.07, 6.45) is 8.22. The highest BCUT2D eigenvalue weighted by atomic mass is 32.1. The van der Waals surface area contributed by atoms with Crippen molar-refractivity contribution in [2.45, 2.75) is 25.7 Å². The molecular weight excluding hydrogens is 274 g/mol. The van der Waals surface area contributed by atoms with Crippen molar-refractivity contribution in [3.63, 3.8) is 0 Å². The lowest BCUT2D eigenvalue weighted by molar-refractivity contribution is 0.0690. The van der Waals surface area contributed by atoms with Crippen LogP contribution in [-0.4, -0.2) is 25.8 Å². The van der Waals surface area contributed by atoms with Gasteiger partial charge in [0.25, 0.3) is 0 Å². The van der Waals surface area contributed by atoms with Gasteiger partial charge < -0.3 is 5.11 Å². The first-order chi connectivity index (χ1) is 9.56. The summed E-state index contributed by atoms with van der Waals surface area (Å²) < 4.78 is 1.85. The maximum Gasteiger partial charge on any atom is 0.355 e. The van der Waals surface area contributed by atoms with Crippen LogP contribution < -0.4 is 0 Å². The van der Waals surface area contributed by atoms with E-state index in [-0.39, 0.29) is 5.69 Å². The molecule has 6 heteroatoms. The fourth-order valence-corrected chi connectivity index (χ4v) is 3.03. The van der Waals surface area contributed by atoms with Crippen molar-refractivity contribution in [1.82, 2.24) is 14.8 Å². The molecule has 1 fully saturated rings. The van der Waals surface area contributed by atoms with Gasteiger partial charge in [0.2, 0.25) is 0 Å². The Kier molecular flexibility index (Phi) is 3.17. The van der Waals surface area contributed by atoms with E-state index in [9.17, 15) is 4.79 Å². The third-order valence-electron chi connectivity index (χ3n) is 3.43. The third kappa shape index (κ3) is 2.38. The molecule has 1 saturated carbocycles. The Balaban J connectivity index is 1.89. The highest BCUT2D eigenvalue weighted by molar-refractivity contribution is 7.12. The van der Waals surface area contributed by atoms with Gasteiger partial charge in [-0.15, -0.1) is 11.3 Å². The molecule has 1 aliphatic rings. The second-order valence-electron chi connectivity index (χ2n) is 4.98. The van der Waals surface area contributed by atoms with Crippen LogP contribution in [0.2, 0.25) is 0 Å². The molecule has 104 valence electrons. The number of carboxylic acid groups (broad SMARTS) is 1. The van der Waals surface area contributed by atoms with Gasteiger partial charge >= 0.3 is 5.97 Å². The number of carboxylic acids is 1. The number of nitrogens with zero attached hydrogens (tertiary/aromatic N) is 3. The van der Waals surface area contributed by atoms with Gasteiger partial charge in [0.1, 0.15) is 5.01 Å². The van der Waals surface area contributed by atoms with E-state index in [1.807, 2.05) is 30.1 Å². The second-order valence-corrected chi connectivity index (χ2v) is 6.21. The lowest BCUT2D eigenvalue weighted by Crippen LogP contribution is -1.98. The van der Waals surface area contributed by atoms with E-state index in [0.29, 0.717) is 10.9 Å². The normalized spacial score (nSPS) is 15.1. The molecule has 0 bridgehead atoms. The summed E-state index contributed by atoms with van der Waals surface area (Å²) in [6, 6.07) is 0. The minimum absolute atomic E-state index is 0.141. The van der Waals surface area contributed by atoms with Gasteiger partial charge in [-0.1, -0.05) is 0 Å². The van der Waals surface area contributed by atoms with Crippen LogP contribution in [0.25, 0.3) is 12.2 Å². The fraction of sp³-hybridized carbons (Fsp3) is 0.357. The number of carbonyl (C=O) groups is 1. The number of aryl methyl sites for hydroxylation is 2. The molecule has 1 aliphatic carbocycles. The third-order valence-corrected chi connectivity index (χ3v) is 4.37. The van der Waals surface area contributed by atoms with Crippen molar-refractivity contribution in [3.05, 3.63) is 33.0 Å². The SMILES string of the molecule is Cc1sc(C=Cc2c(C3CC3)cnn2C)nc1C(=O)O. The molecule has 1 N–H and O–H groups in total. The maximum atomic E-state index is 11.0. The van der Waals surface area contributed by atoms with Crippen molar-refractivity contribution in [2.75, 3.05) is 0 Å². The number of aromatic carboxylic acids is 1. The molecule has 0 aromatic carbocycles. The Morgan fingerprint density at radius 1 is 1.50 bits per heavy atom. The average Bonchev–Trinajstić information content (AvgIpc) is 3.07. The van der Waals surface area contributed by atoms with Gasteiger partial charge in [0, 0.05) is 17.5 Å². The molecule has 0 amide bonds. The molecular formula is C14H15N3O2S. The molecule has 0 spiro atoms. The predicted molar refractivity (Wildman–Crippen MR) is 77.9 cm³/mol. The van der Waals surface area contributed by atoms with Crippen LogP contribution in [0.4, 0.5) is 0 Å². The van der Waals surface area contributed by atoms with Crippen LogP contribution in [-0.2, 0) is 7.05 Å². The van der Waals surface area contributed by atoms with Gasteiger partial charge in [0.15, 0.2) is 5.69 Å². The van der Waals surface area contributed by atoms with Crippen molar-refractivity contribution >= 4 is 29.5 Å². The minimum Gasteiger partial charge on any atom is -0.476 e.